The van der Waals surface area contributed by atoms with Crippen molar-refractivity contribution in [2.75, 3.05) is 0 Å². The SMILES string of the molecule is Cc1c(-c2cc(C(C)(C)C)cc[n+]2C)c(F)cc(F)c1-n1ccc[n+]1C. The van der Waals surface area contributed by atoms with E-state index in [9.17, 15) is 8.78 Å². The lowest BCUT2D eigenvalue weighted by atomic mass is 9.86. The first-order valence-electron chi connectivity index (χ1n) is 8.64. The van der Waals surface area contributed by atoms with Crippen LogP contribution in [0.5, 0.6) is 0 Å². The van der Waals surface area contributed by atoms with Crippen LogP contribution < -0.4 is 9.25 Å². The van der Waals surface area contributed by atoms with Gasteiger partial charge in [0.1, 0.15) is 18.6 Å². The molecule has 0 fully saturated rings. The smallest absolute Gasteiger partial charge is 0.206 e. The number of rotatable bonds is 2. The normalized spacial score (nSPS) is 11.8. The minimum atomic E-state index is -0.579. The molecule has 0 spiro atoms. The van der Waals surface area contributed by atoms with Gasteiger partial charge in [0.15, 0.2) is 25.3 Å². The molecule has 0 radical (unpaired) electrons. The quantitative estimate of drug-likeness (QED) is 0.621. The Labute approximate surface area is 153 Å². The molecule has 3 nitrogen and oxygen atoms in total. The van der Waals surface area contributed by atoms with E-state index in [1.54, 1.807) is 22.5 Å². The lowest BCUT2D eigenvalue weighted by Crippen LogP contribution is -2.38. The van der Waals surface area contributed by atoms with Gasteiger partial charge in [-0.3, -0.25) is 0 Å². The Morgan fingerprint density at radius 2 is 1.69 bits per heavy atom. The molecular formula is C21H25F2N3+2. The molecule has 0 unspecified atom stereocenters. The van der Waals surface area contributed by atoms with Crippen molar-refractivity contribution in [1.82, 2.24) is 4.68 Å². The Morgan fingerprint density at radius 3 is 2.27 bits per heavy atom. The van der Waals surface area contributed by atoms with E-state index in [4.69, 9.17) is 0 Å². The van der Waals surface area contributed by atoms with E-state index in [0.717, 1.165) is 17.3 Å². The van der Waals surface area contributed by atoms with Crippen molar-refractivity contribution in [2.24, 2.45) is 14.1 Å². The first-order valence-corrected chi connectivity index (χ1v) is 8.64. The van der Waals surface area contributed by atoms with E-state index in [2.05, 4.69) is 20.8 Å². The number of hydrogen-bond acceptors (Lipinski definition) is 0. The summed E-state index contributed by atoms with van der Waals surface area (Å²) in [4.78, 5) is 0. The molecule has 136 valence electrons. The maximum absolute atomic E-state index is 14.9. The van der Waals surface area contributed by atoms with Gasteiger partial charge in [0.05, 0.1) is 11.8 Å². The van der Waals surface area contributed by atoms with Gasteiger partial charge >= 0.3 is 0 Å². The summed E-state index contributed by atoms with van der Waals surface area (Å²) in [6, 6.07) is 6.82. The van der Waals surface area contributed by atoms with Crippen LogP contribution in [0.25, 0.3) is 16.9 Å². The molecule has 5 heteroatoms. The van der Waals surface area contributed by atoms with Gasteiger partial charge in [-0.05, 0) is 23.5 Å². The zero-order chi connectivity index (χ0) is 19.2. The Bertz CT molecular complexity index is 982. The maximum Gasteiger partial charge on any atom is 0.215 e. The molecule has 0 bridgehead atoms. The average molecular weight is 357 g/mol. The van der Waals surface area contributed by atoms with Gasteiger partial charge in [0.25, 0.3) is 0 Å². The van der Waals surface area contributed by atoms with Gasteiger partial charge in [0, 0.05) is 24.3 Å². The molecule has 0 N–H and O–H groups in total. The van der Waals surface area contributed by atoms with Crippen molar-refractivity contribution in [1.29, 1.82) is 0 Å². The average Bonchev–Trinajstić information content (AvgIpc) is 2.93. The van der Waals surface area contributed by atoms with Crippen molar-refractivity contribution in [3.8, 4) is 16.9 Å². The van der Waals surface area contributed by atoms with Crippen LogP contribution in [0.2, 0.25) is 0 Å². The lowest BCUT2D eigenvalue weighted by molar-refractivity contribution is -0.744. The Kier molecular flexibility index (Phi) is 4.42. The summed E-state index contributed by atoms with van der Waals surface area (Å²) in [5.74, 6) is -1.13. The molecule has 0 aliphatic heterocycles. The van der Waals surface area contributed by atoms with Crippen LogP contribution in [0.1, 0.15) is 31.9 Å². The second-order valence-electron chi connectivity index (χ2n) is 7.76. The lowest BCUT2D eigenvalue weighted by Gasteiger charge is -2.19. The van der Waals surface area contributed by atoms with Crippen LogP contribution in [0.3, 0.4) is 0 Å². The van der Waals surface area contributed by atoms with Crippen molar-refractivity contribution in [3.05, 3.63) is 65.6 Å². The zero-order valence-electron chi connectivity index (χ0n) is 16.1. The first-order chi connectivity index (χ1) is 12.1. The fraction of sp³-hybridized carbons (Fsp3) is 0.333. The van der Waals surface area contributed by atoms with Crippen molar-refractivity contribution in [2.45, 2.75) is 33.1 Å². The minimum absolute atomic E-state index is 0.0663. The summed E-state index contributed by atoms with van der Waals surface area (Å²) < 4.78 is 34.8. The third-order valence-corrected chi connectivity index (χ3v) is 4.82. The molecule has 3 aromatic rings. The molecule has 26 heavy (non-hydrogen) atoms. The van der Waals surface area contributed by atoms with Crippen LogP contribution in [-0.4, -0.2) is 4.68 Å². The summed E-state index contributed by atoms with van der Waals surface area (Å²) in [6.45, 7) is 8.11. The molecule has 0 saturated carbocycles. The molecule has 0 amide bonds. The van der Waals surface area contributed by atoms with Gasteiger partial charge in [0.2, 0.25) is 5.69 Å². The predicted octanol–water partition coefficient (Wildman–Crippen LogP) is 3.68. The van der Waals surface area contributed by atoms with Crippen LogP contribution in [0.15, 0.2) is 42.9 Å². The molecule has 0 aliphatic carbocycles. The number of pyridine rings is 1. The van der Waals surface area contributed by atoms with Gasteiger partial charge < -0.3 is 0 Å². The molecule has 0 aliphatic rings. The van der Waals surface area contributed by atoms with Crippen molar-refractivity contribution < 1.29 is 18.0 Å². The van der Waals surface area contributed by atoms with E-state index >= 15 is 0 Å². The highest BCUT2D eigenvalue weighted by atomic mass is 19.1. The van der Waals surface area contributed by atoms with E-state index in [0.29, 0.717) is 16.8 Å². The van der Waals surface area contributed by atoms with Crippen molar-refractivity contribution >= 4 is 0 Å². The number of aromatic nitrogens is 3. The fourth-order valence-corrected chi connectivity index (χ4v) is 3.26. The van der Waals surface area contributed by atoms with Gasteiger partial charge in [-0.2, -0.15) is 0 Å². The van der Waals surface area contributed by atoms with Gasteiger partial charge in [-0.25, -0.2) is 13.3 Å². The second kappa shape index (κ2) is 6.31. The molecule has 1 aromatic carbocycles. The third-order valence-electron chi connectivity index (χ3n) is 4.82. The topological polar surface area (TPSA) is 12.7 Å². The highest BCUT2D eigenvalue weighted by Gasteiger charge is 2.27. The van der Waals surface area contributed by atoms with E-state index < -0.39 is 11.6 Å². The monoisotopic (exact) mass is 357 g/mol. The fourth-order valence-electron chi connectivity index (χ4n) is 3.26. The number of nitrogens with zero attached hydrogens (tertiary/aromatic N) is 3. The largest absolute Gasteiger partial charge is 0.215 e. The van der Waals surface area contributed by atoms with Crippen molar-refractivity contribution in [3.63, 3.8) is 0 Å². The summed E-state index contributed by atoms with van der Waals surface area (Å²) in [5, 5.41) is 0. The molecular weight excluding hydrogens is 332 g/mol. The van der Waals surface area contributed by atoms with E-state index in [1.807, 2.05) is 49.3 Å². The minimum Gasteiger partial charge on any atom is -0.206 e. The van der Waals surface area contributed by atoms with E-state index in [1.165, 1.54) is 0 Å². The van der Waals surface area contributed by atoms with Crippen LogP contribution in [-0.2, 0) is 19.5 Å². The highest BCUT2D eigenvalue weighted by molar-refractivity contribution is 5.67. The molecule has 2 aromatic heterocycles. The van der Waals surface area contributed by atoms with Crippen LogP contribution >= 0.6 is 0 Å². The van der Waals surface area contributed by atoms with E-state index in [-0.39, 0.29) is 5.41 Å². The molecule has 0 saturated heterocycles. The second-order valence-corrected chi connectivity index (χ2v) is 7.76. The molecule has 0 atom stereocenters. The molecule has 3 rings (SSSR count). The third kappa shape index (κ3) is 3.02. The Balaban J connectivity index is 2.32. The summed E-state index contributed by atoms with van der Waals surface area (Å²) in [6.07, 6.45) is 5.51. The Hall–Kier alpha value is -2.56. The van der Waals surface area contributed by atoms with Crippen LogP contribution in [0, 0.1) is 18.6 Å². The Morgan fingerprint density at radius 1 is 1.00 bits per heavy atom. The number of benzene rings is 1. The number of aryl methyl sites for hydroxylation is 2. The van der Waals surface area contributed by atoms with Crippen LogP contribution in [0.4, 0.5) is 8.78 Å². The summed E-state index contributed by atoms with van der Waals surface area (Å²) >= 11 is 0. The number of halogens is 2. The standard InChI is InChI=1S/C21H25F2N3/c1-14-19(18-12-15(21(2,3)4)8-11-24(18)5)16(22)13-17(23)20(14)26-10-7-9-25(26)6/h7-13H,1-6H3/q+2. The highest BCUT2D eigenvalue weighted by Crippen LogP contribution is 2.32. The first kappa shape index (κ1) is 18.2. The van der Waals surface area contributed by atoms with Gasteiger partial charge in [-0.15, -0.1) is 9.36 Å². The predicted molar refractivity (Wildman–Crippen MR) is 96.9 cm³/mol. The summed E-state index contributed by atoms with van der Waals surface area (Å²) in [5.41, 5.74) is 3.10. The molecule has 2 heterocycles. The number of hydrogen-bond donors (Lipinski definition) is 0. The maximum atomic E-state index is 14.9. The van der Waals surface area contributed by atoms with Gasteiger partial charge in [-0.1, -0.05) is 20.8 Å². The zero-order valence-corrected chi connectivity index (χ0v) is 16.1. The summed E-state index contributed by atoms with van der Waals surface area (Å²) in [7, 11) is 3.70.